The molecule has 131 heavy (non-hydrogen) atoms. The molecule has 1 aliphatic carbocycles. The fourth-order valence-corrected chi connectivity index (χ4v) is 18.9. The Kier molecular flexibility index (Phi) is 32.9. The lowest BCUT2D eigenvalue weighted by atomic mass is 10.0. The van der Waals surface area contributed by atoms with Crippen LogP contribution in [-0.4, -0.2) is 106 Å². The first-order valence-electron chi connectivity index (χ1n) is 38.8. The Morgan fingerprint density at radius 2 is 0.679 bits per heavy atom. The van der Waals surface area contributed by atoms with Gasteiger partial charge < -0.3 is 61.8 Å². The summed E-state index contributed by atoms with van der Waals surface area (Å²) in [5.74, 6) is -4.16. The van der Waals surface area contributed by atoms with Crippen LogP contribution in [0.3, 0.4) is 0 Å². The van der Waals surface area contributed by atoms with E-state index < -0.39 is 35.8 Å². The lowest BCUT2D eigenvalue weighted by Crippen LogP contribution is -2.14. The van der Waals surface area contributed by atoms with Crippen molar-refractivity contribution in [1.29, 1.82) is 0 Å². The second-order valence-corrected chi connectivity index (χ2v) is 36.9. The van der Waals surface area contributed by atoms with Crippen LogP contribution < -0.4 is 36.2 Å². The molecule has 32 heteroatoms. The zero-order valence-electron chi connectivity index (χ0n) is 68.9. The number of methoxy groups -OCH3 is 1. The van der Waals surface area contributed by atoms with Crippen LogP contribution in [0.1, 0.15) is 126 Å². The third-order valence-electron chi connectivity index (χ3n) is 19.6. The van der Waals surface area contributed by atoms with Gasteiger partial charge in [0.05, 0.1) is 7.11 Å². The highest BCUT2D eigenvalue weighted by Gasteiger charge is 2.28. The summed E-state index contributed by atoms with van der Waals surface area (Å²) in [4.78, 5) is 123. The number of fused-ring (bicyclic) bond motifs is 1. The normalized spacial score (nSPS) is 10.7. The highest BCUT2D eigenvalue weighted by atomic mass is 79.9. The number of nitrogens with zero attached hydrogens (tertiary/aromatic N) is 1. The molecule has 15 aromatic rings. The van der Waals surface area contributed by atoms with Gasteiger partial charge in [0.2, 0.25) is 0 Å². The average molecular weight is 2120 g/mol. The third kappa shape index (κ3) is 24.7. The number of hydrogen-bond acceptors (Lipinski definition) is 17. The van der Waals surface area contributed by atoms with Crippen LogP contribution >= 0.6 is 132 Å². The molecule has 0 saturated heterocycles. The van der Waals surface area contributed by atoms with Gasteiger partial charge in [-0.25, -0.2) is 24.0 Å². The number of terminal acetylenes is 1. The monoisotopic (exact) mass is 2110 g/mol. The number of aryl methyl sites for hydroxylation is 1. The third-order valence-corrected chi connectivity index (χ3v) is 26.4. The van der Waals surface area contributed by atoms with E-state index in [1.807, 2.05) is 165 Å². The molecule has 1 aliphatic rings. The van der Waals surface area contributed by atoms with Crippen molar-refractivity contribution in [2.45, 2.75) is 13.3 Å². The summed E-state index contributed by atoms with van der Waals surface area (Å²) in [5.41, 5.74) is 14.2. The number of rotatable bonds is 22. The minimum atomic E-state index is -1.10. The van der Waals surface area contributed by atoms with Gasteiger partial charge in [-0.3, -0.25) is 24.0 Å². The molecule has 22 nitrogen and oxygen atoms in total. The number of carbonyl (C=O) groups excluding carboxylic acids is 5. The molecule has 0 saturated carbocycles. The molecule has 0 bridgehead atoms. The molecule has 5 heterocycles. The van der Waals surface area contributed by atoms with Gasteiger partial charge in [-0.05, 0) is 204 Å². The summed E-state index contributed by atoms with van der Waals surface area (Å²) >= 11 is 25.3. The summed E-state index contributed by atoms with van der Waals surface area (Å²) in [6.07, 6.45) is 10.2. The van der Waals surface area contributed by atoms with E-state index in [-0.39, 0.29) is 51.4 Å². The van der Waals surface area contributed by atoms with Gasteiger partial charge in [0.1, 0.15) is 58.6 Å². The predicted octanol–water partition coefficient (Wildman–Crippen LogP) is 26.5. The van der Waals surface area contributed by atoms with Crippen LogP contribution in [0, 0.1) is 19.3 Å². The van der Waals surface area contributed by atoms with E-state index in [0.29, 0.717) is 97.0 Å². The number of carboxylic acid groups (broad SMARTS) is 5. The molecule has 10 aromatic carbocycles. The van der Waals surface area contributed by atoms with Crippen LogP contribution in [0.25, 0.3) is 61.7 Å². The van der Waals surface area contributed by atoms with Crippen LogP contribution in [0.15, 0.2) is 287 Å². The number of carbonyl (C=O) groups is 10. The smallest absolute Gasteiger partial charge is 0.339 e. The maximum absolute atomic E-state index is 12.6. The van der Waals surface area contributed by atoms with Gasteiger partial charge >= 0.3 is 29.8 Å². The molecule has 0 unspecified atom stereocenters. The maximum atomic E-state index is 12.6. The Morgan fingerprint density at radius 1 is 0.382 bits per heavy atom. The molecular formula is C99H71Br4ClN6O16S5. The van der Waals surface area contributed by atoms with Crippen molar-refractivity contribution < 1.29 is 78.2 Å². The first kappa shape index (κ1) is 96.6. The Hall–Kier alpha value is -13.5. The average Bonchev–Trinajstić information content (AvgIpc) is 1.68. The molecule has 0 fully saturated rings. The van der Waals surface area contributed by atoms with E-state index >= 15 is 0 Å². The van der Waals surface area contributed by atoms with Gasteiger partial charge in [0.15, 0.2) is 0 Å². The maximum Gasteiger partial charge on any atom is 0.339 e. The molecular weight excluding hydrogens is 2040 g/mol. The standard InChI is InChI=1S/C21H14ClNO3S.C20H17BrN2O3S.C20H12BrNO3S.C19H14BrNO4S.C19H14BrNO3S/c22-16-8-6-13(7-9-16)17-11-27-20(18(17)21(25)26)23-19(24)15-5-4-12-2-1-3-14(12)10-15;1-23(2)15-9-5-13(6-10-15)18(24)22-19-17(20(25)26)16(11-27-19)12-3-7-14(21)8-4-12;1-2-12-3-5-14(6-4-12)18(23)22-19-17(20(24)25)16(11-26-19)13-7-9-15(21)10-8-13;1-25-14-4-2-3-12(9-14)17(22)21-18-16(19(23)24)15(10-26-18)11-5-7-13(20)8-6-11;1-11-3-2-4-13(9-11)17(22)21-18-16(19(23)24)15(10-25-18)12-5-7-14(20)8-6-12/h1,3-11H,2H2,(H,23,24)(H,25,26);3-11H,1-2H3,(H,22,24)(H,25,26);1,3-11H,(H,22,23)(H,24,25);2-10H,1H3,(H,21,22)(H,23,24);2-10H,1H3,(H,21,22)(H,23,24). The summed E-state index contributed by atoms with van der Waals surface area (Å²) in [7, 11) is 5.36. The number of carboxylic acids is 5. The van der Waals surface area contributed by atoms with Crippen molar-refractivity contribution in [2.24, 2.45) is 0 Å². The number of allylic oxidation sites excluding steroid dienone is 1. The number of nitrogens with one attached hydrogen (secondary N) is 5. The summed E-state index contributed by atoms with van der Waals surface area (Å²) in [5, 5.41) is 72.6. The number of benzene rings is 10. The summed E-state index contributed by atoms with van der Waals surface area (Å²) < 4.78 is 8.74. The molecule has 0 aliphatic heterocycles. The number of hydrogen-bond donors (Lipinski definition) is 10. The van der Waals surface area contributed by atoms with Crippen LogP contribution in [0.5, 0.6) is 5.75 Å². The summed E-state index contributed by atoms with van der Waals surface area (Å²) in [6, 6.07) is 69.3. The number of anilines is 6. The predicted molar refractivity (Wildman–Crippen MR) is 538 cm³/mol. The molecule has 10 N–H and O–H groups in total. The SMILES string of the molecule is C#Cc1ccc(C(=O)Nc2scc(-c3ccc(Br)cc3)c2C(=O)O)cc1.CN(C)c1ccc(C(=O)Nc2scc(-c3ccc(Br)cc3)c2C(=O)O)cc1.COc1cccc(C(=O)Nc2scc(-c3ccc(Br)cc3)c2C(=O)O)c1.Cc1cccc(C(=O)Nc2scc(-c3ccc(Br)cc3)c2C(=O)O)c1.O=C(Nc1scc(-c2ccc(Cl)cc2)c1C(=O)O)c1ccc2c(c1)C=CC2. The van der Waals surface area contributed by atoms with Crippen molar-refractivity contribution >= 4 is 228 Å². The fraction of sp³-hybridized carbons (Fsp3) is 0.0505. The van der Waals surface area contributed by atoms with Crippen LogP contribution in [-0.2, 0) is 6.42 Å². The molecule has 0 radical (unpaired) electrons. The van der Waals surface area contributed by atoms with Crippen LogP contribution in [0.2, 0.25) is 5.02 Å². The van der Waals surface area contributed by atoms with Crippen molar-refractivity contribution in [1.82, 2.24) is 0 Å². The fourth-order valence-electron chi connectivity index (χ4n) is 13.0. The van der Waals surface area contributed by atoms with Crippen molar-refractivity contribution in [2.75, 3.05) is 52.7 Å². The summed E-state index contributed by atoms with van der Waals surface area (Å²) in [6.45, 7) is 1.90. The Bertz CT molecular complexity index is 6910. The number of aromatic carboxylic acids is 5. The number of ether oxygens (including phenoxy) is 1. The van der Waals surface area contributed by atoms with Gasteiger partial charge in [-0.1, -0.05) is 184 Å². The number of thiophene rings is 5. The lowest BCUT2D eigenvalue weighted by Gasteiger charge is -2.12. The molecule has 0 atom stereocenters. The number of halogens is 5. The van der Waals surface area contributed by atoms with Crippen molar-refractivity contribution in [3.63, 3.8) is 0 Å². The zero-order valence-corrected chi connectivity index (χ0v) is 80.1. The second-order valence-electron chi connectivity index (χ2n) is 28.4. The first-order valence-corrected chi connectivity index (χ1v) is 46.7. The van der Waals surface area contributed by atoms with E-state index in [1.54, 1.807) is 136 Å². The highest BCUT2D eigenvalue weighted by Crippen LogP contribution is 2.43. The van der Waals surface area contributed by atoms with E-state index in [2.05, 4.69) is 96.2 Å². The van der Waals surface area contributed by atoms with E-state index in [0.717, 1.165) is 68.9 Å². The minimum Gasteiger partial charge on any atom is -0.497 e. The molecule has 5 amide bonds. The van der Waals surface area contributed by atoms with Gasteiger partial charge in [-0.15, -0.1) is 63.1 Å². The Balaban J connectivity index is 0.000000148. The highest BCUT2D eigenvalue weighted by molar-refractivity contribution is 9.11. The molecule has 5 aromatic heterocycles. The largest absolute Gasteiger partial charge is 0.497 e. The number of amides is 5. The van der Waals surface area contributed by atoms with E-state index in [1.165, 1.54) is 69.4 Å². The topological polar surface area (TPSA) is 344 Å². The quantitative estimate of drug-likeness (QED) is 0.0282. The van der Waals surface area contributed by atoms with Gasteiger partial charge in [-0.2, -0.15) is 0 Å². The first-order chi connectivity index (χ1) is 62.8. The Labute approximate surface area is 809 Å². The zero-order chi connectivity index (χ0) is 93.9. The second kappa shape index (κ2) is 44.7. The lowest BCUT2D eigenvalue weighted by molar-refractivity contribution is 0.0688. The van der Waals surface area contributed by atoms with E-state index in [9.17, 15) is 73.5 Å². The van der Waals surface area contributed by atoms with Crippen molar-refractivity contribution in [3.05, 3.63) is 370 Å². The van der Waals surface area contributed by atoms with Gasteiger partial charge in [0, 0.05) is 131 Å². The van der Waals surface area contributed by atoms with Gasteiger partial charge in [0.25, 0.3) is 29.5 Å². The van der Waals surface area contributed by atoms with Crippen molar-refractivity contribution in [3.8, 4) is 73.7 Å². The molecule has 0 spiro atoms. The minimum absolute atomic E-state index is 0.0749. The molecule has 658 valence electrons. The Morgan fingerprint density at radius 3 is 0.992 bits per heavy atom. The van der Waals surface area contributed by atoms with E-state index in [4.69, 9.17) is 22.8 Å². The molecule has 16 rings (SSSR count). The van der Waals surface area contributed by atoms with Crippen LogP contribution in [0.4, 0.5) is 30.7 Å².